The molecule has 0 aliphatic carbocycles. The van der Waals surface area contributed by atoms with Crippen molar-refractivity contribution in [1.29, 1.82) is 0 Å². The third-order valence-corrected chi connectivity index (χ3v) is 5.55. The largest absolute Gasteiger partial charge is 0.416 e. The lowest BCUT2D eigenvalue weighted by atomic mass is 9.87. The zero-order chi connectivity index (χ0) is 20.6. The van der Waals surface area contributed by atoms with Gasteiger partial charge >= 0.3 is 12.4 Å². The zero-order valence-corrected chi connectivity index (χ0v) is 14.7. The van der Waals surface area contributed by atoms with E-state index in [2.05, 4.69) is 5.32 Å². The molecule has 1 fully saturated rings. The number of hydrogen-bond donors (Lipinski definition) is 2. The van der Waals surface area contributed by atoms with Gasteiger partial charge in [0.1, 0.15) is 0 Å². The molecule has 0 spiro atoms. The van der Waals surface area contributed by atoms with Crippen molar-refractivity contribution in [3.8, 4) is 0 Å². The molecule has 1 heterocycles. The minimum Gasteiger partial charge on any atom is -0.316 e. The Morgan fingerprint density at radius 2 is 1.59 bits per heavy atom. The van der Waals surface area contributed by atoms with E-state index in [0.717, 1.165) is 0 Å². The highest BCUT2D eigenvalue weighted by molar-refractivity contribution is 7.90. The topological polar surface area (TPSA) is 75.3 Å². The number of amides is 1. The van der Waals surface area contributed by atoms with E-state index in [1.54, 1.807) is 11.6 Å². The Hall–Kier alpha value is -1.82. The summed E-state index contributed by atoms with van der Waals surface area (Å²) in [4.78, 5) is 10.9. The standard InChI is InChI=1S/C15H16F6N2O3S/c1-8-7-22-3-2-12(8)13(24)23-27(25,26)11-5-9(14(16,17)18)4-10(6-11)15(19,20)21/h4-6,8,12,22H,2-3,7H2,1H3,(H,23,24). The molecule has 5 nitrogen and oxygen atoms in total. The molecule has 0 radical (unpaired) electrons. The van der Waals surface area contributed by atoms with Crippen LogP contribution in [0.3, 0.4) is 0 Å². The summed E-state index contributed by atoms with van der Waals surface area (Å²) >= 11 is 0. The van der Waals surface area contributed by atoms with Gasteiger partial charge in [-0.25, -0.2) is 13.1 Å². The van der Waals surface area contributed by atoms with Gasteiger partial charge in [0.25, 0.3) is 10.0 Å². The molecule has 2 unspecified atom stereocenters. The lowest BCUT2D eigenvalue weighted by Crippen LogP contribution is -2.45. The van der Waals surface area contributed by atoms with E-state index >= 15 is 0 Å². The maximum absolute atomic E-state index is 12.9. The van der Waals surface area contributed by atoms with Gasteiger partial charge in [-0.2, -0.15) is 26.3 Å². The van der Waals surface area contributed by atoms with Crippen LogP contribution in [-0.2, 0) is 27.2 Å². The Bertz CT molecular complexity index is 788. The second-order valence-electron chi connectivity index (χ2n) is 6.29. The van der Waals surface area contributed by atoms with E-state index in [1.165, 1.54) is 0 Å². The van der Waals surface area contributed by atoms with Crippen LogP contribution in [-0.4, -0.2) is 27.4 Å². The third kappa shape index (κ3) is 5.12. The number of sulfonamides is 1. The molecular formula is C15H16F6N2O3S. The average Bonchev–Trinajstić information content (AvgIpc) is 2.52. The summed E-state index contributed by atoms with van der Waals surface area (Å²) in [5.41, 5.74) is -3.55. The predicted octanol–water partition coefficient (Wildman–Crippen LogP) is 2.77. The quantitative estimate of drug-likeness (QED) is 0.741. The van der Waals surface area contributed by atoms with E-state index in [1.807, 2.05) is 0 Å². The minimum absolute atomic E-state index is 0.0662. The zero-order valence-electron chi connectivity index (χ0n) is 13.9. The van der Waals surface area contributed by atoms with Crippen LogP contribution >= 0.6 is 0 Å². The fraction of sp³-hybridized carbons (Fsp3) is 0.533. The van der Waals surface area contributed by atoms with Crippen molar-refractivity contribution in [3.63, 3.8) is 0 Å². The molecule has 2 N–H and O–H groups in total. The summed E-state index contributed by atoms with van der Waals surface area (Å²) in [5, 5.41) is 2.98. The molecule has 2 rings (SSSR count). The average molecular weight is 418 g/mol. The van der Waals surface area contributed by atoms with Gasteiger partial charge in [-0.3, -0.25) is 4.79 Å². The maximum atomic E-state index is 12.9. The number of halogens is 6. The van der Waals surface area contributed by atoms with Crippen LogP contribution in [0.4, 0.5) is 26.3 Å². The van der Waals surface area contributed by atoms with E-state index in [0.29, 0.717) is 19.5 Å². The molecule has 2 atom stereocenters. The summed E-state index contributed by atoms with van der Waals surface area (Å²) in [6.07, 6.45) is -10.1. The Kier molecular flexibility index (Phi) is 5.81. The molecule has 0 bridgehead atoms. The normalized spacial score (nSPS) is 21.7. The molecule has 0 saturated carbocycles. The molecule has 12 heteroatoms. The van der Waals surface area contributed by atoms with Crippen molar-refractivity contribution in [3.05, 3.63) is 29.3 Å². The predicted molar refractivity (Wildman–Crippen MR) is 81.9 cm³/mol. The number of nitrogens with one attached hydrogen (secondary N) is 2. The van der Waals surface area contributed by atoms with Crippen molar-refractivity contribution < 1.29 is 39.6 Å². The molecule has 1 saturated heterocycles. The van der Waals surface area contributed by atoms with Crippen LogP contribution in [0.2, 0.25) is 0 Å². The number of alkyl halides is 6. The SMILES string of the molecule is CC1CNCCC1C(=O)NS(=O)(=O)c1cc(C(F)(F)F)cc(C(F)(F)F)c1. The first-order chi connectivity index (χ1) is 12.2. The van der Waals surface area contributed by atoms with E-state index in [9.17, 15) is 39.6 Å². The summed E-state index contributed by atoms with van der Waals surface area (Å²) in [7, 11) is -4.92. The second-order valence-corrected chi connectivity index (χ2v) is 7.97. The van der Waals surface area contributed by atoms with Crippen molar-refractivity contribution in [2.24, 2.45) is 11.8 Å². The first kappa shape index (κ1) is 21.5. The van der Waals surface area contributed by atoms with E-state index in [-0.39, 0.29) is 24.1 Å². The van der Waals surface area contributed by atoms with Crippen LogP contribution in [0.5, 0.6) is 0 Å². The second kappa shape index (κ2) is 7.30. The fourth-order valence-electron chi connectivity index (χ4n) is 2.75. The van der Waals surface area contributed by atoms with Crippen molar-refractivity contribution in [1.82, 2.24) is 10.0 Å². The molecule has 1 aromatic rings. The number of carbonyl (C=O) groups is 1. The van der Waals surface area contributed by atoms with Gasteiger partial charge in [0.05, 0.1) is 16.0 Å². The summed E-state index contributed by atoms with van der Waals surface area (Å²) in [6.45, 7) is 2.54. The molecule has 1 aromatic carbocycles. The number of hydrogen-bond acceptors (Lipinski definition) is 4. The lowest BCUT2D eigenvalue weighted by molar-refractivity contribution is -0.143. The fourth-order valence-corrected chi connectivity index (χ4v) is 3.85. The number of piperidine rings is 1. The van der Waals surface area contributed by atoms with Gasteiger partial charge in [-0.15, -0.1) is 0 Å². The van der Waals surface area contributed by atoms with Crippen LogP contribution in [0.1, 0.15) is 24.5 Å². The van der Waals surface area contributed by atoms with Crippen molar-refractivity contribution >= 4 is 15.9 Å². The van der Waals surface area contributed by atoms with Crippen LogP contribution in [0, 0.1) is 11.8 Å². The van der Waals surface area contributed by atoms with Gasteiger partial charge in [-0.1, -0.05) is 6.92 Å². The summed E-state index contributed by atoms with van der Waals surface area (Å²) < 4.78 is 103. The molecule has 1 aliphatic heterocycles. The first-order valence-electron chi connectivity index (χ1n) is 7.78. The molecule has 152 valence electrons. The Balaban J connectivity index is 2.41. The Labute approximate surface area is 151 Å². The highest BCUT2D eigenvalue weighted by Crippen LogP contribution is 2.37. The lowest BCUT2D eigenvalue weighted by Gasteiger charge is -2.28. The smallest absolute Gasteiger partial charge is 0.316 e. The van der Waals surface area contributed by atoms with Gasteiger partial charge in [-0.05, 0) is 43.6 Å². The van der Waals surface area contributed by atoms with Crippen LogP contribution < -0.4 is 10.0 Å². The highest BCUT2D eigenvalue weighted by atomic mass is 32.2. The third-order valence-electron chi connectivity index (χ3n) is 4.23. The Morgan fingerprint density at radius 1 is 1.07 bits per heavy atom. The Morgan fingerprint density at radius 3 is 2.04 bits per heavy atom. The van der Waals surface area contributed by atoms with Gasteiger partial charge in [0, 0.05) is 5.92 Å². The molecule has 1 amide bonds. The molecular weight excluding hydrogens is 402 g/mol. The minimum atomic E-state index is -5.20. The first-order valence-corrected chi connectivity index (χ1v) is 9.27. The van der Waals surface area contributed by atoms with Gasteiger partial charge in [0.15, 0.2) is 0 Å². The van der Waals surface area contributed by atoms with Crippen molar-refractivity contribution in [2.45, 2.75) is 30.6 Å². The highest BCUT2D eigenvalue weighted by Gasteiger charge is 2.39. The molecule has 1 aliphatic rings. The molecule has 27 heavy (non-hydrogen) atoms. The number of carbonyl (C=O) groups excluding carboxylic acids is 1. The maximum Gasteiger partial charge on any atom is 0.416 e. The van der Waals surface area contributed by atoms with E-state index < -0.39 is 50.2 Å². The molecule has 0 aromatic heterocycles. The number of benzene rings is 1. The van der Waals surface area contributed by atoms with Gasteiger partial charge < -0.3 is 5.32 Å². The van der Waals surface area contributed by atoms with Crippen LogP contribution in [0.25, 0.3) is 0 Å². The van der Waals surface area contributed by atoms with Crippen LogP contribution in [0.15, 0.2) is 23.1 Å². The monoisotopic (exact) mass is 418 g/mol. The summed E-state index contributed by atoms with van der Waals surface area (Å²) in [6, 6.07) is -0.0524. The summed E-state index contributed by atoms with van der Waals surface area (Å²) in [5.74, 6) is -1.94. The van der Waals surface area contributed by atoms with E-state index in [4.69, 9.17) is 0 Å². The van der Waals surface area contributed by atoms with Crippen molar-refractivity contribution in [2.75, 3.05) is 13.1 Å². The number of rotatable bonds is 3. The van der Waals surface area contributed by atoms with Gasteiger partial charge in [0.2, 0.25) is 5.91 Å².